The van der Waals surface area contributed by atoms with E-state index in [0.29, 0.717) is 6.54 Å². The first-order valence-electron chi connectivity index (χ1n) is 6.73. The largest absolute Gasteiger partial charge is 0.466 e. The Balaban J connectivity index is 2.03. The Kier molecular flexibility index (Phi) is 5.05. The van der Waals surface area contributed by atoms with Crippen molar-refractivity contribution in [3.63, 3.8) is 0 Å². The summed E-state index contributed by atoms with van der Waals surface area (Å²) >= 11 is 0. The van der Waals surface area contributed by atoms with Gasteiger partial charge in [-0.3, -0.25) is 0 Å². The molecule has 108 valence electrons. The fourth-order valence-corrected chi connectivity index (χ4v) is 2.16. The number of esters is 1. The van der Waals surface area contributed by atoms with Crippen LogP contribution in [0.15, 0.2) is 42.7 Å². The number of hydrogen-bond donors (Lipinski definition) is 1. The number of terminal acetylenes is 1. The molecule has 1 aromatic heterocycles. The summed E-state index contributed by atoms with van der Waals surface area (Å²) in [5.74, 6) is 2.21. The number of carbonyl (C=O) groups is 1. The van der Waals surface area contributed by atoms with Crippen LogP contribution >= 0.6 is 0 Å². The highest BCUT2D eigenvalue weighted by molar-refractivity contribution is 5.83. The average Bonchev–Trinajstić information content (AvgIpc) is 2.93. The lowest BCUT2D eigenvalue weighted by atomic mass is 10.1. The number of ether oxygens (including phenoxy) is 1. The second-order valence-corrected chi connectivity index (χ2v) is 4.62. The minimum atomic E-state index is -0.385. The maximum absolute atomic E-state index is 11.1. The van der Waals surface area contributed by atoms with Gasteiger partial charge in [0.25, 0.3) is 0 Å². The van der Waals surface area contributed by atoms with E-state index in [1.807, 2.05) is 23.2 Å². The molecule has 0 fully saturated rings. The van der Waals surface area contributed by atoms with E-state index in [4.69, 9.17) is 6.42 Å². The number of nitrogens with one attached hydrogen (secondary N) is 1. The third-order valence-electron chi connectivity index (χ3n) is 3.26. The number of nitrogens with zero attached hydrogens (tertiary/aromatic N) is 1. The molecular formula is C17H18N2O2. The van der Waals surface area contributed by atoms with E-state index in [1.165, 1.54) is 24.1 Å². The maximum atomic E-state index is 11.1. The fourth-order valence-electron chi connectivity index (χ4n) is 2.16. The van der Waals surface area contributed by atoms with Crippen molar-refractivity contribution in [2.75, 3.05) is 20.2 Å². The topological polar surface area (TPSA) is 45.3 Å². The summed E-state index contributed by atoms with van der Waals surface area (Å²) in [4.78, 5) is 16.3. The van der Waals surface area contributed by atoms with Crippen molar-refractivity contribution in [1.82, 2.24) is 9.88 Å². The van der Waals surface area contributed by atoms with Crippen molar-refractivity contribution >= 4 is 16.9 Å². The molecule has 0 atom stereocenters. The molecule has 1 aromatic carbocycles. The summed E-state index contributed by atoms with van der Waals surface area (Å²) < 4.78 is 4.58. The smallest absolute Gasteiger partial charge is 0.331 e. The van der Waals surface area contributed by atoms with Gasteiger partial charge in [-0.05, 0) is 18.1 Å². The molecule has 1 N–H and O–H groups in total. The predicted molar refractivity (Wildman–Crippen MR) is 83.6 cm³/mol. The number of benzene rings is 1. The van der Waals surface area contributed by atoms with Gasteiger partial charge in [0.1, 0.15) is 0 Å². The van der Waals surface area contributed by atoms with E-state index in [9.17, 15) is 4.79 Å². The average molecular weight is 282 g/mol. The van der Waals surface area contributed by atoms with Gasteiger partial charge in [-0.25, -0.2) is 4.79 Å². The van der Waals surface area contributed by atoms with Crippen LogP contribution in [-0.4, -0.2) is 36.1 Å². The van der Waals surface area contributed by atoms with Crippen LogP contribution in [0.1, 0.15) is 5.56 Å². The number of aromatic nitrogens is 1. The lowest BCUT2D eigenvalue weighted by Gasteiger charge is -2.16. The molecule has 0 saturated heterocycles. The molecule has 4 heteroatoms. The summed E-state index contributed by atoms with van der Waals surface area (Å²) in [7, 11) is 1.35. The van der Waals surface area contributed by atoms with E-state index >= 15 is 0 Å². The highest BCUT2D eigenvalue weighted by atomic mass is 16.5. The van der Waals surface area contributed by atoms with E-state index in [1.54, 1.807) is 6.20 Å². The van der Waals surface area contributed by atoms with Gasteiger partial charge >= 0.3 is 5.97 Å². The predicted octanol–water partition coefficient (Wildman–Crippen LogP) is 2.33. The molecule has 4 nitrogen and oxygen atoms in total. The zero-order chi connectivity index (χ0) is 15.1. The Morgan fingerprint density at radius 3 is 3.05 bits per heavy atom. The molecule has 0 spiro atoms. The Morgan fingerprint density at radius 2 is 2.29 bits per heavy atom. The van der Waals surface area contributed by atoms with Crippen LogP contribution in [-0.2, 0) is 16.0 Å². The summed E-state index contributed by atoms with van der Waals surface area (Å²) in [6.07, 6.45) is 11.3. The molecule has 0 saturated carbocycles. The first-order valence-corrected chi connectivity index (χ1v) is 6.73. The number of fused-ring (bicyclic) bond motifs is 1. The third kappa shape index (κ3) is 3.90. The summed E-state index contributed by atoms with van der Waals surface area (Å²) in [5.41, 5.74) is 2.36. The molecule has 0 bridgehead atoms. The van der Waals surface area contributed by atoms with Gasteiger partial charge in [0, 0.05) is 35.9 Å². The van der Waals surface area contributed by atoms with E-state index in [2.05, 4.69) is 27.8 Å². The number of rotatable bonds is 6. The van der Waals surface area contributed by atoms with Crippen LogP contribution in [0.25, 0.3) is 10.9 Å². The summed E-state index contributed by atoms with van der Waals surface area (Å²) in [6, 6.07) is 8.18. The highest BCUT2D eigenvalue weighted by Crippen LogP contribution is 2.18. The zero-order valence-electron chi connectivity index (χ0n) is 12.0. The number of H-pyrrole nitrogens is 1. The van der Waals surface area contributed by atoms with E-state index in [0.717, 1.165) is 18.5 Å². The lowest BCUT2D eigenvalue weighted by Crippen LogP contribution is -2.21. The molecule has 0 aliphatic carbocycles. The van der Waals surface area contributed by atoms with Crippen LogP contribution < -0.4 is 0 Å². The van der Waals surface area contributed by atoms with Crippen molar-refractivity contribution < 1.29 is 9.53 Å². The minimum Gasteiger partial charge on any atom is -0.466 e. The van der Waals surface area contributed by atoms with Gasteiger partial charge in [0.2, 0.25) is 0 Å². The highest BCUT2D eigenvalue weighted by Gasteiger charge is 2.05. The second-order valence-electron chi connectivity index (χ2n) is 4.62. The van der Waals surface area contributed by atoms with Crippen molar-refractivity contribution in [2.24, 2.45) is 0 Å². The fraction of sp³-hybridized carbons (Fsp3) is 0.235. The van der Waals surface area contributed by atoms with Crippen LogP contribution in [0, 0.1) is 12.3 Å². The number of carbonyl (C=O) groups excluding carboxylic acids is 1. The normalized spacial score (nSPS) is 10.7. The Bertz CT molecular complexity index is 679. The van der Waals surface area contributed by atoms with Crippen LogP contribution in [0.3, 0.4) is 0 Å². The molecule has 0 aliphatic heterocycles. The SMILES string of the molecule is C#CCN(/C=C/C(=O)OC)CCc1c[nH]c2ccccc12. The molecule has 0 aliphatic rings. The van der Waals surface area contributed by atoms with E-state index < -0.39 is 0 Å². The Hall–Kier alpha value is -2.67. The van der Waals surface area contributed by atoms with Crippen molar-refractivity contribution in [3.8, 4) is 12.3 Å². The molecule has 2 rings (SSSR count). The maximum Gasteiger partial charge on any atom is 0.331 e. The summed E-state index contributed by atoms with van der Waals surface area (Å²) in [6.45, 7) is 1.19. The second kappa shape index (κ2) is 7.20. The third-order valence-corrected chi connectivity index (χ3v) is 3.26. The Morgan fingerprint density at radius 1 is 1.48 bits per heavy atom. The molecular weight excluding hydrogens is 264 g/mol. The number of methoxy groups -OCH3 is 1. The minimum absolute atomic E-state index is 0.385. The van der Waals surface area contributed by atoms with Gasteiger partial charge in [-0.1, -0.05) is 24.1 Å². The Labute approximate surface area is 124 Å². The summed E-state index contributed by atoms with van der Waals surface area (Å²) in [5, 5.41) is 1.22. The van der Waals surface area contributed by atoms with Gasteiger partial charge in [-0.15, -0.1) is 6.42 Å². The van der Waals surface area contributed by atoms with Gasteiger partial charge in [0.15, 0.2) is 0 Å². The van der Waals surface area contributed by atoms with Crippen LogP contribution in [0.5, 0.6) is 0 Å². The standard InChI is InChI=1S/C17H18N2O2/c1-3-10-19(12-9-17(20)21-2)11-8-14-13-18-16-7-5-4-6-15(14)16/h1,4-7,9,12-13,18H,8,10-11H2,2H3/b12-9+. The quantitative estimate of drug-likeness (QED) is 0.502. The van der Waals surface area contributed by atoms with Crippen molar-refractivity contribution in [1.29, 1.82) is 0 Å². The monoisotopic (exact) mass is 282 g/mol. The van der Waals surface area contributed by atoms with Gasteiger partial charge < -0.3 is 14.6 Å². The van der Waals surface area contributed by atoms with Crippen LogP contribution in [0.4, 0.5) is 0 Å². The van der Waals surface area contributed by atoms with Crippen molar-refractivity contribution in [3.05, 3.63) is 48.3 Å². The number of hydrogen-bond acceptors (Lipinski definition) is 3. The lowest BCUT2D eigenvalue weighted by molar-refractivity contribution is -0.134. The first-order chi connectivity index (χ1) is 10.2. The van der Waals surface area contributed by atoms with Crippen molar-refractivity contribution in [2.45, 2.75) is 6.42 Å². The van der Waals surface area contributed by atoms with Gasteiger partial charge in [0.05, 0.1) is 13.7 Å². The molecule has 2 aromatic rings. The molecule has 0 radical (unpaired) electrons. The van der Waals surface area contributed by atoms with Crippen LogP contribution in [0.2, 0.25) is 0 Å². The van der Waals surface area contributed by atoms with E-state index in [-0.39, 0.29) is 5.97 Å². The number of aromatic amines is 1. The zero-order valence-corrected chi connectivity index (χ0v) is 12.0. The molecule has 0 unspecified atom stereocenters. The first kappa shape index (κ1) is 14.7. The van der Waals surface area contributed by atoms with Gasteiger partial charge in [-0.2, -0.15) is 0 Å². The molecule has 0 amide bonds. The molecule has 1 heterocycles. The molecule has 21 heavy (non-hydrogen) atoms. The number of para-hydroxylation sites is 1.